The van der Waals surface area contributed by atoms with Gasteiger partial charge in [0.15, 0.2) is 0 Å². The van der Waals surface area contributed by atoms with Crippen molar-refractivity contribution in [1.82, 2.24) is 3.97 Å². The fraction of sp³-hybridized carbons (Fsp3) is 0.176. The third kappa shape index (κ3) is 2.56. The van der Waals surface area contributed by atoms with Gasteiger partial charge < -0.3 is 4.74 Å². The van der Waals surface area contributed by atoms with E-state index in [1.807, 2.05) is 13.0 Å². The van der Waals surface area contributed by atoms with Gasteiger partial charge in [0.25, 0.3) is 10.0 Å². The van der Waals surface area contributed by atoms with Gasteiger partial charge in [-0.1, -0.05) is 17.7 Å². The second kappa shape index (κ2) is 5.69. The van der Waals surface area contributed by atoms with E-state index in [4.69, 9.17) is 4.74 Å². The number of hydrogen-bond acceptors (Lipinski definition) is 3. The lowest BCUT2D eigenvalue weighted by molar-refractivity contribution is 0.415. The Labute approximate surface area is 143 Å². The third-order valence-electron chi connectivity index (χ3n) is 3.84. The van der Waals surface area contributed by atoms with Gasteiger partial charge in [-0.3, -0.25) is 0 Å². The number of aromatic nitrogens is 1. The summed E-state index contributed by atoms with van der Waals surface area (Å²) in [6, 6.07) is 12.2. The molecule has 0 aliphatic rings. The second-order valence-corrected chi connectivity index (χ2v) is 7.94. The van der Waals surface area contributed by atoms with E-state index in [0.29, 0.717) is 17.0 Å². The maximum absolute atomic E-state index is 13.1. The predicted octanol–water partition coefficient (Wildman–Crippen LogP) is 4.27. The summed E-state index contributed by atoms with van der Waals surface area (Å²) in [5.41, 5.74) is 2.27. The highest BCUT2D eigenvalue weighted by molar-refractivity contribution is 9.10. The summed E-state index contributed by atoms with van der Waals surface area (Å²) in [5.74, 6) is 0.683. The molecule has 1 aromatic heterocycles. The zero-order valence-corrected chi connectivity index (χ0v) is 15.4. The van der Waals surface area contributed by atoms with Crippen LogP contribution < -0.4 is 4.74 Å². The van der Waals surface area contributed by atoms with Crippen LogP contribution in [-0.2, 0) is 10.0 Å². The molecule has 0 atom stereocenters. The van der Waals surface area contributed by atoms with Gasteiger partial charge in [0.05, 0.1) is 17.5 Å². The minimum absolute atomic E-state index is 0.270. The van der Waals surface area contributed by atoms with Crippen molar-refractivity contribution in [1.29, 1.82) is 0 Å². The van der Waals surface area contributed by atoms with Crippen molar-refractivity contribution in [3.63, 3.8) is 0 Å². The highest BCUT2D eigenvalue weighted by Gasteiger charge is 2.24. The lowest BCUT2D eigenvalue weighted by atomic mass is 10.2. The van der Waals surface area contributed by atoms with E-state index in [2.05, 4.69) is 15.9 Å². The summed E-state index contributed by atoms with van der Waals surface area (Å²) in [5, 5.41) is 0.803. The molecule has 0 aliphatic carbocycles. The van der Waals surface area contributed by atoms with Crippen molar-refractivity contribution in [2.75, 3.05) is 7.11 Å². The van der Waals surface area contributed by atoms with Gasteiger partial charge in [0.2, 0.25) is 0 Å². The van der Waals surface area contributed by atoms with E-state index < -0.39 is 10.0 Å². The Morgan fingerprint density at radius 2 is 1.70 bits per heavy atom. The molecule has 0 aliphatic heterocycles. The number of hydrogen-bond donors (Lipinski definition) is 0. The second-order valence-electron chi connectivity index (χ2n) is 5.36. The molecule has 0 radical (unpaired) electrons. The lowest BCUT2D eigenvalue weighted by Gasteiger charge is -2.10. The molecule has 4 nitrogen and oxygen atoms in total. The first-order valence-electron chi connectivity index (χ1n) is 7.03. The summed E-state index contributed by atoms with van der Waals surface area (Å²) in [6.07, 6.45) is 0. The van der Waals surface area contributed by atoms with Gasteiger partial charge in [0, 0.05) is 15.6 Å². The molecule has 3 aromatic rings. The monoisotopic (exact) mass is 393 g/mol. The van der Waals surface area contributed by atoms with E-state index in [-0.39, 0.29) is 4.90 Å². The summed E-state index contributed by atoms with van der Waals surface area (Å²) in [7, 11) is -2.08. The van der Waals surface area contributed by atoms with Crippen molar-refractivity contribution in [2.24, 2.45) is 0 Å². The Morgan fingerprint density at radius 1 is 1.04 bits per heavy atom. The molecule has 0 spiro atoms. The van der Waals surface area contributed by atoms with Crippen molar-refractivity contribution >= 4 is 36.9 Å². The number of rotatable bonds is 3. The third-order valence-corrected chi connectivity index (χ3v) is 6.66. The molecule has 2 aromatic carbocycles. The summed E-state index contributed by atoms with van der Waals surface area (Å²) >= 11 is 3.50. The van der Waals surface area contributed by atoms with Crippen LogP contribution in [0.4, 0.5) is 0 Å². The number of nitrogens with zero attached hydrogens (tertiary/aromatic N) is 1. The molecule has 3 rings (SSSR count). The Balaban J connectivity index is 2.31. The zero-order valence-electron chi connectivity index (χ0n) is 13.0. The molecule has 6 heteroatoms. The number of benzene rings is 2. The van der Waals surface area contributed by atoms with Crippen LogP contribution in [0.25, 0.3) is 10.9 Å². The molecule has 0 amide bonds. The Hall–Kier alpha value is -1.79. The first kappa shape index (κ1) is 16.1. The Morgan fingerprint density at radius 3 is 2.30 bits per heavy atom. The molecule has 0 saturated carbocycles. The van der Waals surface area contributed by atoms with Gasteiger partial charge in [-0.05, 0) is 60.1 Å². The summed E-state index contributed by atoms with van der Waals surface area (Å²) < 4.78 is 33.5. The van der Waals surface area contributed by atoms with E-state index in [0.717, 1.165) is 15.4 Å². The summed E-state index contributed by atoms with van der Waals surface area (Å²) in [6.45, 7) is 3.71. The number of halogens is 1. The first-order valence-corrected chi connectivity index (χ1v) is 9.26. The summed E-state index contributed by atoms with van der Waals surface area (Å²) in [4.78, 5) is 0.270. The smallest absolute Gasteiger partial charge is 0.268 e. The van der Waals surface area contributed by atoms with Crippen LogP contribution in [0, 0.1) is 13.8 Å². The zero-order chi connectivity index (χ0) is 16.8. The van der Waals surface area contributed by atoms with Gasteiger partial charge in [-0.15, -0.1) is 0 Å². The standard InChI is InChI=1S/C17H16BrNO3S/c1-11-4-7-14(8-5-11)23(20,21)19-12(2)17(18)15-10-13(22-3)6-9-16(15)19/h4-10H,1-3H3. The normalized spacial score (nSPS) is 11.8. The maximum atomic E-state index is 13.1. The lowest BCUT2D eigenvalue weighted by Crippen LogP contribution is -2.14. The molecular formula is C17H16BrNO3S. The van der Waals surface area contributed by atoms with Gasteiger partial charge in [0.1, 0.15) is 5.75 Å². The number of ether oxygens (including phenoxy) is 1. The van der Waals surface area contributed by atoms with Crippen LogP contribution in [-0.4, -0.2) is 19.5 Å². The molecule has 1 heterocycles. The van der Waals surface area contributed by atoms with Crippen LogP contribution in [0.5, 0.6) is 5.75 Å². The Kier molecular flexibility index (Phi) is 3.98. The minimum atomic E-state index is -3.67. The quantitative estimate of drug-likeness (QED) is 0.667. The van der Waals surface area contributed by atoms with Crippen LogP contribution in [0.3, 0.4) is 0 Å². The minimum Gasteiger partial charge on any atom is -0.497 e. The number of fused-ring (bicyclic) bond motifs is 1. The number of aryl methyl sites for hydroxylation is 1. The first-order chi connectivity index (χ1) is 10.9. The fourth-order valence-corrected chi connectivity index (χ4v) is 4.76. The van der Waals surface area contributed by atoms with Gasteiger partial charge in [-0.2, -0.15) is 0 Å². The molecular weight excluding hydrogens is 378 g/mol. The van der Waals surface area contributed by atoms with Crippen molar-refractivity contribution in [2.45, 2.75) is 18.7 Å². The van der Waals surface area contributed by atoms with Crippen LogP contribution in [0.1, 0.15) is 11.3 Å². The SMILES string of the molecule is COc1ccc2c(c1)c(Br)c(C)n2S(=O)(=O)c1ccc(C)cc1. The molecule has 0 saturated heterocycles. The predicted molar refractivity (Wildman–Crippen MR) is 94.7 cm³/mol. The molecule has 0 bridgehead atoms. The number of methoxy groups -OCH3 is 1. The van der Waals surface area contributed by atoms with Gasteiger partial charge in [-0.25, -0.2) is 12.4 Å². The molecule has 0 N–H and O–H groups in total. The topological polar surface area (TPSA) is 48.3 Å². The molecule has 0 fully saturated rings. The van der Waals surface area contributed by atoms with E-state index in [1.54, 1.807) is 50.4 Å². The van der Waals surface area contributed by atoms with Crippen molar-refractivity contribution < 1.29 is 13.2 Å². The highest BCUT2D eigenvalue weighted by atomic mass is 79.9. The van der Waals surface area contributed by atoms with Crippen molar-refractivity contribution in [3.8, 4) is 5.75 Å². The maximum Gasteiger partial charge on any atom is 0.268 e. The average molecular weight is 394 g/mol. The fourth-order valence-electron chi connectivity index (χ4n) is 2.59. The Bertz CT molecular complexity index is 989. The molecule has 120 valence electrons. The van der Waals surface area contributed by atoms with E-state index in [9.17, 15) is 8.42 Å². The van der Waals surface area contributed by atoms with Crippen LogP contribution >= 0.6 is 15.9 Å². The molecule has 23 heavy (non-hydrogen) atoms. The van der Waals surface area contributed by atoms with Crippen LogP contribution in [0.2, 0.25) is 0 Å². The van der Waals surface area contributed by atoms with Crippen LogP contribution in [0.15, 0.2) is 51.8 Å². The van der Waals surface area contributed by atoms with E-state index >= 15 is 0 Å². The van der Waals surface area contributed by atoms with Crippen molar-refractivity contribution in [3.05, 3.63) is 58.2 Å². The highest BCUT2D eigenvalue weighted by Crippen LogP contribution is 2.35. The van der Waals surface area contributed by atoms with E-state index in [1.165, 1.54) is 3.97 Å². The van der Waals surface area contributed by atoms with Gasteiger partial charge >= 0.3 is 0 Å². The largest absolute Gasteiger partial charge is 0.497 e. The average Bonchev–Trinajstić information content (AvgIpc) is 2.79. The molecule has 0 unspecified atom stereocenters.